The van der Waals surface area contributed by atoms with Crippen LogP contribution < -0.4 is 4.90 Å². The number of hydrogen-bond donors (Lipinski definition) is 1. The van der Waals surface area contributed by atoms with Gasteiger partial charge in [-0.1, -0.05) is 0 Å². The summed E-state index contributed by atoms with van der Waals surface area (Å²) in [6, 6.07) is 0. The van der Waals surface area contributed by atoms with Crippen molar-refractivity contribution in [1.82, 2.24) is 24.6 Å². The lowest BCUT2D eigenvalue weighted by Gasteiger charge is -2.29. The number of likely N-dealkylation sites (tertiary alicyclic amines) is 1. The minimum Gasteiger partial charge on any atom is -0.481 e. The normalized spacial score (nSPS) is 25.7. The Balaban J connectivity index is 1.50. The number of fused-ring (bicyclic) bond motifs is 1. The molecule has 0 saturated carbocycles. The van der Waals surface area contributed by atoms with E-state index in [0.29, 0.717) is 12.3 Å². The summed E-state index contributed by atoms with van der Waals surface area (Å²) in [5.41, 5.74) is 0.0150. The van der Waals surface area contributed by atoms with Crippen molar-refractivity contribution >= 4 is 22.4 Å². The molecule has 4 heterocycles. The molecule has 0 aromatic carbocycles. The van der Waals surface area contributed by atoms with Crippen LogP contribution in [-0.4, -0.2) is 61.9 Å². The van der Waals surface area contributed by atoms with Gasteiger partial charge in [0.25, 0.3) is 0 Å². The van der Waals surface area contributed by atoms with Crippen LogP contribution in [0, 0.1) is 11.3 Å². The maximum absolute atomic E-state index is 11.2. The second-order valence-corrected chi connectivity index (χ2v) is 8.18. The molecule has 2 unspecified atom stereocenters. The molecule has 0 aliphatic carbocycles. The molecule has 2 aromatic heterocycles. The van der Waals surface area contributed by atoms with Gasteiger partial charge in [0.1, 0.15) is 12.2 Å². The van der Waals surface area contributed by atoms with Gasteiger partial charge in [0.05, 0.1) is 6.54 Å². The molecule has 4 rings (SSSR count). The van der Waals surface area contributed by atoms with Crippen molar-refractivity contribution in [2.24, 2.45) is 11.3 Å². The standard InChI is InChI=1S/C17H24N6O2S/c1-2-23-14(19-12-20-23)9-21-7-13-8-22(16-18-5-6-26-16)11-17(13,10-21)4-3-15(24)25/h5-6,12-13H,2-4,7-11H2,1H3,(H,24,25). The Morgan fingerprint density at radius 1 is 1.38 bits per heavy atom. The fraction of sp³-hybridized carbons (Fsp3) is 0.647. The van der Waals surface area contributed by atoms with Gasteiger partial charge in [-0.25, -0.2) is 14.6 Å². The minimum atomic E-state index is -0.713. The second-order valence-electron chi connectivity index (χ2n) is 7.31. The molecule has 2 saturated heterocycles. The SMILES string of the molecule is CCn1ncnc1CN1CC2CN(c3nccs3)CC2(CCC(=O)O)C1. The zero-order valence-electron chi connectivity index (χ0n) is 14.9. The first-order chi connectivity index (χ1) is 12.6. The predicted molar refractivity (Wildman–Crippen MR) is 98.1 cm³/mol. The van der Waals surface area contributed by atoms with Gasteiger partial charge in [0.2, 0.25) is 0 Å². The summed E-state index contributed by atoms with van der Waals surface area (Å²) in [7, 11) is 0. The van der Waals surface area contributed by atoms with Gasteiger partial charge >= 0.3 is 5.97 Å². The summed E-state index contributed by atoms with van der Waals surface area (Å²) in [6.45, 7) is 7.36. The van der Waals surface area contributed by atoms with E-state index in [1.807, 2.05) is 16.3 Å². The highest BCUT2D eigenvalue weighted by Gasteiger charge is 2.52. The van der Waals surface area contributed by atoms with Gasteiger partial charge in [-0.05, 0) is 19.3 Å². The Morgan fingerprint density at radius 3 is 3.00 bits per heavy atom. The van der Waals surface area contributed by atoms with E-state index in [0.717, 1.165) is 50.2 Å². The number of thiazole rings is 1. The highest BCUT2D eigenvalue weighted by atomic mass is 32.1. The Morgan fingerprint density at radius 2 is 2.27 bits per heavy atom. The maximum Gasteiger partial charge on any atom is 0.303 e. The predicted octanol–water partition coefficient (Wildman–Crippen LogP) is 1.56. The van der Waals surface area contributed by atoms with Crippen LogP contribution in [0.2, 0.25) is 0 Å². The van der Waals surface area contributed by atoms with Crippen molar-refractivity contribution in [1.29, 1.82) is 0 Å². The highest BCUT2D eigenvalue weighted by Crippen LogP contribution is 2.47. The Labute approximate surface area is 156 Å². The molecule has 2 aliphatic rings. The number of carboxylic acids is 1. The molecule has 2 aromatic rings. The molecule has 2 aliphatic heterocycles. The third-order valence-corrected chi connectivity index (χ3v) is 6.55. The van der Waals surface area contributed by atoms with Gasteiger partial charge in [0.15, 0.2) is 5.13 Å². The van der Waals surface area contributed by atoms with Crippen LogP contribution in [0.1, 0.15) is 25.6 Å². The molecule has 0 amide bonds. The van der Waals surface area contributed by atoms with E-state index in [1.54, 1.807) is 17.7 Å². The van der Waals surface area contributed by atoms with E-state index >= 15 is 0 Å². The third-order valence-electron chi connectivity index (χ3n) is 5.72. The summed E-state index contributed by atoms with van der Waals surface area (Å²) in [5.74, 6) is 0.733. The molecular weight excluding hydrogens is 352 g/mol. The van der Waals surface area contributed by atoms with Crippen LogP contribution in [0.3, 0.4) is 0 Å². The van der Waals surface area contributed by atoms with Crippen LogP contribution in [0.4, 0.5) is 5.13 Å². The molecule has 0 bridgehead atoms. The van der Waals surface area contributed by atoms with Crippen molar-refractivity contribution in [3.63, 3.8) is 0 Å². The highest BCUT2D eigenvalue weighted by molar-refractivity contribution is 7.13. The number of aryl methyl sites for hydroxylation is 1. The number of aromatic nitrogens is 4. The lowest BCUT2D eigenvalue weighted by molar-refractivity contribution is -0.137. The van der Waals surface area contributed by atoms with E-state index < -0.39 is 5.97 Å². The zero-order chi connectivity index (χ0) is 18.1. The van der Waals surface area contributed by atoms with Crippen LogP contribution in [-0.2, 0) is 17.9 Å². The number of carboxylic acid groups (broad SMARTS) is 1. The molecule has 8 nitrogen and oxygen atoms in total. The van der Waals surface area contributed by atoms with Crippen LogP contribution in [0.5, 0.6) is 0 Å². The first-order valence-corrected chi connectivity index (χ1v) is 9.93. The summed E-state index contributed by atoms with van der Waals surface area (Å²) >= 11 is 1.65. The van der Waals surface area contributed by atoms with Crippen molar-refractivity contribution in [2.45, 2.75) is 32.9 Å². The average molecular weight is 376 g/mol. The monoisotopic (exact) mass is 376 g/mol. The van der Waals surface area contributed by atoms with E-state index in [-0.39, 0.29) is 11.8 Å². The Bertz CT molecular complexity index is 763. The molecule has 26 heavy (non-hydrogen) atoms. The number of nitrogens with zero attached hydrogens (tertiary/aromatic N) is 6. The second kappa shape index (κ2) is 6.96. The Kier molecular flexibility index (Phi) is 4.66. The summed E-state index contributed by atoms with van der Waals surface area (Å²) in [5, 5.41) is 16.5. The molecule has 0 radical (unpaired) electrons. The number of anilines is 1. The number of rotatable bonds is 7. The number of carbonyl (C=O) groups is 1. The van der Waals surface area contributed by atoms with Crippen molar-refractivity contribution < 1.29 is 9.90 Å². The molecule has 2 atom stereocenters. The largest absolute Gasteiger partial charge is 0.481 e. The number of hydrogen-bond acceptors (Lipinski definition) is 7. The summed E-state index contributed by atoms with van der Waals surface area (Å²) < 4.78 is 1.93. The Hall–Kier alpha value is -2.00. The van der Waals surface area contributed by atoms with E-state index in [2.05, 4.69) is 31.8 Å². The van der Waals surface area contributed by atoms with Gasteiger partial charge < -0.3 is 10.0 Å². The quantitative estimate of drug-likeness (QED) is 0.784. The minimum absolute atomic E-state index is 0.0150. The van der Waals surface area contributed by atoms with Crippen molar-refractivity contribution in [3.8, 4) is 0 Å². The van der Waals surface area contributed by atoms with Gasteiger partial charge in [-0.3, -0.25) is 9.69 Å². The van der Waals surface area contributed by atoms with Crippen LogP contribution in [0.15, 0.2) is 17.9 Å². The van der Waals surface area contributed by atoms with E-state index in [1.165, 1.54) is 0 Å². The average Bonchev–Trinajstić information content (AvgIpc) is 3.36. The van der Waals surface area contributed by atoms with E-state index in [9.17, 15) is 9.90 Å². The maximum atomic E-state index is 11.2. The summed E-state index contributed by atoms with van der Waals surface area (Å²) in [4.78, 5) is 24.8. The fourth-order valence-electron chi connectivity index (χ4n) is 4.52. The van der Waals surface area contributed by atoms with Crippen LogP contribution in [0.25, 0.3) is 0 Å². The summed E-state index contributed by atoms with van der Waals surface area (Å²) in [6.07, 6.45) is 4.38. The molecule has 140 valence electrons. The molecule has 1 N–H and O–H groups in total. The number of aliphatic carboxylic acids is 1. The smallest absolute Gasteiger partial charge is 0.303 e. The first kappa shape index (κ1) is 17.4. The first-order valence-electron chi connectivity index (χ1n) is 9.05. The van der Waals surface area contributed by atoms with Crippen molar-refractivity contribution in [2.75, 3.05) is 31.1 Å². The zero-order valence-corrected chi connectivity index (χ0v) is 15.7. The van der Waals surface area contributed by atoms with E-state index in [4.69, 9.17) is 0 Å². The molecule has 2 fully saturated rings. The van der Waals surface area contributed by atoms with Crippen LogP contribution >= 0.6 is 11.3 Å². The lowest BCUT2D eigenvalue weighted by atomic mass is 9.77. The molecule has 9 heteroatoms. The third kappa shape index (κ3) is 3.21. The lowest BCUT2D eigenvalue weighted by Crippen LogP contribution is -2.35. The van der Waals surface area contributed by atoms with Gasteiger partial charge in [-0.2, -0.15) is 5.10 Å². The topological polar surface area (TPSA) is 87.4 Å². The van der Waals surface area contributed by atoms with Gasteiger partial charge in [0, 0.05) is 56.1 Å². The molecular formula is C17H24N6O2S. The fourth-order valence-corrected chi connectivity index (χ4v) is 5.17. The molecule has 0 spiro atoms. The van der Waals surface area contributed by atoms with Crippen molar-refractivity contribution in [3.05, 3.63) is 23.7 Å². The van der Waals surface area contributed by atoms with Gasteiger partial charge in [-0.15, -0.1) is 11.3 Å².